The van der Waals surface area contributed by atoms with E-state index in [1.54, 1.807) is 11.8 Å². The highest BCUT2D eigenvalue weighted by Crippen LogP contribution is 2.35. The topological polar surface area (TPSA) is 38.9 Å². The van der Waals surface area contributed by atoms with Gasteiger partial charge in [0.25, 0.3) is 0 Å². The molecule has 0 spiro atoms. The van der Waals surface area contributed by atoms with Crippen molar-refractivity contribution in [2.24, 2.45) is 0 Å². The van der Waals surface area contributed by atoms with Gasteiger partial charge in [-0.1, -0.05) is 29.4 Å². The van der Waals surface area contributed by atoms with Gasteiger partial charge in [-0.2, -0.15) is 0 Å². The predicted octanol–water partition coefficient (Wildman–Crippen LogP) is 4.93. The normalized spacial score (nSPS) is 10.9. The van der Waals surface area contributed by atoms with Crippen molar-refractivity contribution in [3.8, 4) is 0 Å². The first kappa shape index (κ1) is 13.3. The smallest absolute Gasteiger partial charge is 0.0718 e. The Labute approximate surface area is 127 Å². The zero-order chi connectivity index (χ0) is 14.1. The molecule has 0 aliphatic carbocycles. The molecule has 0 radical (unpaired) electrons. The molecule has 0 fully saturated rings. The number of hydrogen-bond acceptors (Lipinski definition) is 3. The monoisotopic (exact) mass is 300 g/mol. The molecule has 100 valence electrons. The average Bonchev–Trinajstić information content (AvgIpc) is 2.39. The van der Waals surface area contributed by atoms with Crippen molar-refractivity contribution in [2.45, 2.75) is 16.7 Å². The number of anilines is 1. The zero-order valence-corrected chi connectivity index (χ0v) is 12.5. The van der Waals surface area contributed by atoms with Crippen LogP contribution in [0.5, 0.6) is 0 Å². The number of rotatable bonds is 2. The number of fused-ring (bicyclic) bond motifs is 1. The maximum atomic E-state index is 6.04. The molecule has 0 aliphatic rings. The summed E-state index contributed by atoms with van der Waals surface area (Å²) in [6.07, 6.45) is 0. The molecule has 2 nitrogen and oxygen atoms in total. The van der Waals surface area contributed by atoms with Gasteiger partial charge in [0.05, 0.1) is 5.52 Å². The summed E-state index contributed by atoms with van der Waals surface area (Å²) in [6, 6.07) is 15.7. The van der Waals surface area contributed by atoms with E-state index in [0.29, 0.717) is 0 Å². The average molecular weight is 301 g/mol. The number of aryl methyl sites for hydroxylation is 1. The van der Waals surface area contributed by atoms with E-state index in [9.17, 15) is 0 Å². The summed E-state index contributed by atoms with van der Waals surface area (Å²) >= 11 is 7.71. The highest BCUT2D eigenvalue weighted by atomic mass is 35.5. The van der Waals surface area contributed by atoms with Gasteiger partial charge >= 0.3 is 0 Å². The van der Waals surface area contributed by atoms with Crippen LogP contribution < -0.4 is 5.73 Å². The van der Waals surface area contributed by atoms with Crippen molar-refractivity contribution in [2.75, 3.05) is 5.73 Å². The molecular weight excluding hydrogens is 288 g/mol. The van der Waals surface area contributed by atoms with Crippen LogP contribution in [0.15, 0.2) is 58.3 Å². The second-order valence-electron chi connectivity index (χ2n) is 4.60. The highest BCUT2D eigenvalue weighted by molar-refractivity contribution is 7.99. The van der Waals surface area contributed by atoms with Gasteiger partial charge in [-0.3, -0.25) is 4.98 Å². The molecule has 4 heteroatoms. The Morgan fingerprint density at radius 1 is 1.10 bits per heavy atom. The van der Waals surface area contributed by atoms with Gasteiger partial charge in [-0.15, -0.1) is 0 Å². The number of nitrogens with two attached hydrogens (primary N) is 1. The fourth-order valence-corrected chi connectivity index (χ4v) is 3.42. The molecule has 0 bridgehead atoms. The van der Waals surface area contributed by atoms with Crippen molar-refractivity contribution >= 4 is 40.0 Å². The summed E-state index contributed by atoms with van der Waals surface area (Å²) in [5.41, 5.74) is 8.59. The van der Waals surface area contributed by atoms with Crippen LogP contribution in [0.25, 0.3) is 10.9 Å². The van der Waals surface area contributed by atoms with Crippen molar-refractivity contribution in [3.05, 3.63) is 59.2 Å². The minimum atomic E-state index is 0.740. The quantitative estimate of drug-likeness (QED) is 0.682. The van der Waals surface area contributed by atoms with E-state index >= 15 is 0 Å². The molecule has 2 N–H and O–H groups in total. The van der Waals surface area contributed by atoms with Gasteiger partial charge in [0.15, 0.2) is 0 Å². The lowest BCUT2D eigenvalue weighted by molar-refractivity contribution is 1.22. The third-order valence-corrected chi connectivity index (χ3v) is 4.23. The Morgan fingerprint density at radius 2 is 1.95 bits per heavy atom. The van der Waals surface area contributed by atoms with Crippen LogP contribution in [0.3, 0.4) is 0 Å². The summed E-state index contributed by atoms with van der Waals surface area (Å²) in [5.74, 6) is 0. The summed E-state index contributed by atoms with van der Waals surface area (Å²) in [5, 5.41) is 1.81. The summed E-state index contributed by atoms with van der Waals surface area (Å²) in [6.45, 7) is 2.00. The Bertz CT molecular complexity index is 787. The van der Waals surface area contributed by atoms with Crippen LogP contribution in [-0.2, 0) is 0 Å². The SMILES string of the molecule is Cc1cc(Sc2cccc(Cl)c2)c2cc(N)ccc2n1. The molecule has 0 aliphatic heterocycles. The second kappa shape index (κ2) is 5.35. The van der Waals surface area contributed by atoms with E-state index in [4.69, 9.17) is 17.3 Å². The molecular formula is C16H13ClN2S. The molecule has 0 atom stereocenters. The first-order valence-corrected chi connectivity index (χ1v) is 7.41. The molecule has 2 aromatic carbocycles. The maximum Gasteiger partial charge on any atom is 0.0718 e. The number of pyridine rings is 1. The van der Waals surface area contributed by atoms with Gasteiger partial charge in [-0.05, 0) is 49.4 Å². The van der Waals surface area contributed by atoms with Crippen molar-refractivity contribution in [1.82, 2.24) is 4.98 Å². The summed E-state index contributed by atoms with van der Waals surface area (Å²) in [4.78, 5) is 6.79. The third kappa shape index (κ3) is 2.74. The molecule has 1 heterocycles. The van der Waals surface area contributed by atoms with E-state index < -0.39 is 0 Å². The van der Waals surface area contributed by atoms with E-state index in [1.807, 2.05) is 49.4 Å². The first-order chi connectivity index (χ1) is 9.61. The predicted molar refractivity (Wildman–Crippen MR) is 86.5 cm³/mol. The van der Waals surface area contributed by atoms with Crippen molar-refractivity contribution < 1.29 is 0 Å². The lowest BCUT2D eigenvalue weighted by Crippen LogP contribution is -1.90. The number of aromatic nitrogens is 1. The van der Waals surface area contributed by atoms with E-state index in [2.05, 4.69) is 11.1 Å². The number of halogens is 1. The molecule has 0 saturated heterocycles. The standard InChI is InChI=1S/C16H13ClN2S/c1-10-7-16(20-13-4-2-3-11(17)8-13)14-9-12(18)5-6-15(14)19-10/h2-9H,18H2,1H3. The minimum absolute atomic E-state index is 0.740. The van der Waals surface area contributed by atoms with Crippen LogP contribution in [0, 0.1) is 6.92 Å². The fraction of sp³-hybridized carbons (Fsp3) is 0.0625. The Balaban J connectivity index is 2.12. The maximum absolute atomic E-state index is 6.04. The fourth-order valence-electron chi connectivity index (χ4n) is 2.08. The Hall–Kier alpha value is -1.71. The van der Waals surface area contributed by atoms with E-state index in [1.165, 1.54) is 0 Å². The molecule has 20 heavy (non-hydrogen) atoms. The summed E-state index contributed by atoms with van der Waals surface area (Å²) in [7, 11) is 0. The second-order valence-corrected chi connectivity index (χ2v) is 6.15. The summed E-state index contributed by atoms with van der Waals surface area (Å²) < 4.78 is 0. The molecule has 0 saturated carbocycles. The molecule has 0 unspecified atom stereocenters. The zero-order valence-electron chi connectivity index (χ0n) is 10.9. The number of hydrogen-bond donors (Lipinski definition) is 1. The van der Waals surface area contributed by atoms with E-state index in [-0.39, 0.29) is 0 Å². The Morgan fingerprint density at radius 3 is 2.75 bits per heavy atom. The number of benzene rings is 2. The number of nitrogen functional groups attached to an aromatic ring is 1. The van der Waals surface area contributed by atoms with Gasteiger partial charge in [0.1, 0.15) is 0 Å². The van der Waals surface area contributed by atoms with Gasteiger partial charge in [0.2, 0.25) is 0 Å². The van der Waals surface area contributed by atoms with E-state index in [0.717, 1.165) is 37.1 Å². The van der Waals surface area contributed by atoms with Crippen molar-refractivity contribution in [1.29, 1.82) is 0 Å². The molecule has 0 amide bonds. The molecule has 1 aromatic heterocycles. The Kier molecular flexibility index (Phi) is 3.55. The van der Waals surface area contributed by atoms with Crippen LogP contribution >= 0.6 is 23.4 Å². The largest absolute Gasteiger partial charge is 0.399 e. The first-order valence-electron chi connectivity index (χ1n) is 6.22. The van der Waals surface area contributed by atoms with Gasteiger partial charge < -0.3 is 5.73 Å². The van der Waals surface area contributed by atoms with Crippen LogP contribution in [0.4, 0.5) is 5.69 Å². The minimum Gasteiger partial charge on any atom is -0.399 e. The highest BCUT2D eigenvalue weighted by Gasteiger charge is 2.07. The molecule has 3 aromatic rings. The van der Waals surface area contributed by atoms with Gasteiger partial charge in [0, 0.05) is 31.6 Å². The van der Waals surface area contributed by atoms with Crippen molar-refractivity contribution in [3.63, 3.8) is 0 Å². The lowest BCUT2D eigenvalue weighted by atomic mass is 10.2. The van der Waals surface area contributed by atoms with Crippen LogP contribution in [0.1, 0.15) is 5.69 Å². The number of nitrogens with zero attached hydrogens (tertiary/aromatic N) is 1. The van der Waals surface area contributed by atoms with Gasteiger partial charge in [-0.25, -0.2) is 0 Å². The van der Waals surface area contributed by atoms with Crippen LogP contribution in [0.2, 0.25) is 5.02 Å². The third-order valence-electron chi connectivity index (χ3n) is 2.95. The lowest BCUT2D eigenvalue weighted by Gasteiger charge is -2.08. The van der Waals surface area contributed by atoms with Crippen LogP contribution in [-0.4, -0.2) is 4.98 Å². The molecule has 3 rings (SSSR count).